The van der Waals surface area contributed by atoms with E-state index in [1.165, 1.54) is 26.4 Å². The van der Waals surface area contributed by atoms with Crippen molar-refractivity contribution < 1.29 is 28.5 Å². The van der Waals surface area contributed by atoms with Gasteiger partial charge in [-0.1, -0.05) is 11.6 Å². The van der Waals surface area contributed by atoms with Gasteiger partial charge in [-0.25, -0.2) is 9.93 Å². The number of aromatic nitrogens is 1. The van der Waals surface area contributed by atoms with Gasteiger partial charge in [0.05, 0.1) is 31.2 Å². The lowest BCUT2D eigenvalue weighted by Crippen LogP contribution is -2.42. The molecule has 3 heterocycles. The fourth-order valence-electron chi connectivity index (χ4n) is 4.72. The lowest BCUT2D eigenvalue weighted by Gasteiger charge is -2.27. The maximum absolute atomic E-state index is 15.5. The Balaban J connectivity index is 1.57. The summed E-state index contributed by atoms with van der Waals surface area (Å²) in [5.41, 5.74) is 7.91. The fourth-order valence-corrected chi connectivity index (χ4v) is 4.91. The van der Waals surface area contributed by atoms with Crippen molar-refractivity contribution in [3.8, 4) is 17.2 Å². The smallest absolute Gasteiger partial charge is 0.311 e. The number of aliphatic carboxylic acids is 1. The highest BCUT2D eigenvalue weighted by molar-refractivity contribution is 6.30. The number of rotatable bonds is 8. The molecule has 3 aromatic rings. The standard InChI is InChI=1S/C25H25ClFN5O5/c1-35-20-8-6-16(27)23(25(20)36-2)24-15-12-14(26)5-7-17(15)31-10-3-4-18(31)19(37-24)9-11-32-21(13-22(33)34)28-29-30-32/h3-8,10,12,19,24,29-30H,9,11,13H2,1-2H3,(H,33,34)/t19-,24+/m1/s1. The first-order valence-electron chi connectivity index (χ1n) is 11.5. The molecule has 0 radical (unpaired) electrons. The van der Waals surface area contributed by atoms with Crippen LogP contribution < -0.4 is 20.5 Å². The molecule has 0 aliphatic carbocycles. The molecule has 0 spiro atoms. The third kappa shape index (κ3) is 4.68. The second kappa shape index (κ2) is 10.3. The Kier molecular flexibility index (Phi) is 6.92. The molecule has 194 valence electrons. The number of carbonyl (C=O) groups is 1. The van der Waals surface area contributed by atoms with Gasteiger partial charge in [-0.05, 0) is 48.9 Å². The Morgan fingerprint density at radius 1 is 1.24 bits per heavy atom. The van der Waals surface area contributed by atoms with Crippen LogP contribution in [0.1, 0.15) is 41.9 Å². The Bertz CT molecular complexity index is 1360. The molecule has 2 aromatic carbocycles. The zero-order chi connectivity index (χ0) is 26.1. The number of hydrazone groups is 1. The number of amidine groups is 1. The van der Waals surface area contributed by atoms with Gasteiger partial charge in [0.15, 0.2) is 17.3 Å². The van der Waals surface area contributed by atoms with Gasteiger partial charge < -0.3 is 23.9 Å². The van der Waals surface area contributed by atoms with Crippen molar-refractivity contribution in [2.45, 2.75) is 25.0 Å². The maximum atomic E-state index is 15.5. The first kappa shape index (κ1) is 24.9. The zero-order valence-corrected chi connectivity index (χ0v) is 20.8. The zero-order valence-electron chi connectivity index (χ0n) is 20.1. The molecule has 0 saturated carbocycles. The van der Waals surface area contributed by atoms with Crippen LogP contribution in [0.15, 0.2) is 53.8 Å². The van der Waals surface area contributed by atoms with Gasteiger partial charge in [-0.15, -0.1) is 10.6 Å². The van der Waals surface area contributed by atoms with E-state index in [1.54, 1.807) is 17.1 Å². The van der Waals surface area contributed by atoms with Crippen LogP contribution in [0.2, 0.25) is 5.02 Å². The summed E-state index contributed by atoms with van der Waals surface area (Å²) in [7, 11) is 2.94. The van der Waals surface area contributed by atoms with Crippen molar-refractivity contribution in [3.63, 3.8) is 0 Å². The summed E-state index contributed by atoms with van der Waals surface area (Å²) in [6.07, 6.45) is 0.673. The Morgan fingerprint density at radius 2 is 2.08 bits per heavy atom. The van der Waals surface area contributed by atoms with E-state index in [4.69, 9.17) is 25.8 Å². The number of carboxylic acid groups (broad SMARTS) is 1. The third-order valence-electron chi connectivity index (χ3n) is 6.34. The van der Waals surface area contributed by atoms with Crippen LogP contribution in [0.25, 0.3) is 5.69 Å². The number of halogens is 2. The van der Waals surface area contributed by atoms with Crippen molar-refractivity contribution in [2.75, 3.05) is 20.8 Å². The Hall–Kier alpha value is -3.80. The van der Waals surface area contributed by atoms with Crippen molar-refractivity contribution in [2.24, 2.45) is 5.10 Å². The molecule has 10 nitrogen and oxygen atoms in total. The quantitative estimate of drug-likeness (QED) is 0.402. The Labute approximate surface area is 217 Å². The van der Waals surface area contributed by atoms with E-state index in [2.05, 4.69) is 16.2 Å². The van der Waals surface area contributed by atoms with E-state index >= 15 is 4.39 Å². The SMILES string of the molecule is COc1ccc(F)c([C@H]2O[C@H](CCN3NNN=C3CC(=O)O)c3cccn3-c3ccc(Cl)cc32)c1OC. The van der Waals surface area contributed by atoms with Gasteiger partial charge in [-0.2, -0.15) is 0 Å². The van der Waals surface area contributed by atoms with Gasteiger partial charge in [0, 0.05) is 23.3 Å². The van der Waals surface area contributed by atoms with E-state index in [0.29, 0.717) is 35.1 Å². The van der Waals surface area contributed by atoms with Crippen LogP contribution in [0.5, 0.6) is 11.5 Å². The minimum absolute atomic E-state index is 0.190. The molecule has 2 atom stereocenters. The van der Waals surface area contributed by atoms with Crippen LogP contribution in [-0.4, -0.2) is 47.3 Å². The van der Waals surface area contributed by atoms with E-state index in [0.717, 1.165) is 11.4 Å². The summed E-state index contributed by atoms with van der Waals surface area (Å²) in [5, 5.41) is 15.3. The second-order valence-electron chi connectivity index (χ2n) is 8.47. The van der Waals surface area contributed by atoms with Gasteiger partial charge in [0.1, 0.15) is 24.4 Å². The number of ether oxygens (including phenoxy) is 3. The van der Waals surface area contributed by atoms with Crippen molar-refractivity contribution in [1.29, 1.82) is 0 Å². The minimum atomic E-state index is -0.998. The number of nitrogens with zero attached hydrogens (tertiary/aromatic N) is 3. The largest absolute Gasteiger partial charge is 0.493 e. The summed E-state index contributed by atoms with van der Waals surface area (Å²) < 4.78 is 35.2. The highest BCUT2D eigenvalue weighted by atomic mass is 35.5. The van der Waals surface area contributed by atoms with Gasteiger partial charge in [-0.3, -0.25) is 9.80 Å². The molecular formula is C25H25ClFN5O5. The van der Waals surface area contributed by atoms with E-state index in [1.807, 2.05) is 29.0 Å². The topological polar surface area (TPSA) is 110 Å². The van der Waals surface area contributed by atoms with Crippen LogP contribution >= 0.6 is 11.6 Å². The number of hydrogen-bond donors (Lipinski definition) is 3. The van der Waals surface area contributed by atoms with Gasteiger partial charge >= 0.3 is 5.97 Å². The fraction of sp³-hybridized carbons (Fsp3) is 0.280. The number of hydrazine groups is 2. The highest BCUT2D eigenvalue weighted by Crippen LogP contribution is 2.47. The van der Waals surface area contributed by atoms with Crippen molar-refractivity contribution in [1.82, 2.24) is 20.6 Å². The van der Waals surface area contributed by atoms with Crippen LogP contribution in [0, 0.1) is 5.82 Å². The molecule has 2 aliphatic heterocycles. The maximum Gasteiger partial charge on any atom is 0.311 e. The second-order valence-corrected chi connectivity index (χ2v) is 8.91. The molecule has 0 amide bonds. The summed E-state index contributed by atoms with van der Waals surface area (Å²) in [6, 6.07) is 12.1. The van der Waals surface area contributed by atoms with Crippen molar-refractivity contribution in [3.05, 3.63) is 76.3 Å². The van der Waals surface area contributed by atoms with E-state index in [9.17, 15) is 9.90 Å². The molecule has 1 aromatic heterocycles. The average molecular weight is 530 g/mol. The monoisotopic (exact) mass is 529 g/mol. The summed E-state index contributed by atoms with van der Waals surface area (Å²) in [4.78, 5) is 11.2. The first-order chi connectivity index (χ1) is 17.9. The number of nitrogens with one attached hydrogen (secondary N) is 2. The normalized spacial score (nSPS) is 18.4. The van der Waals surface area contributed by atoms with Crippen LogP contribution in [-0.2, 0) is 9.53 Å². The molecule has 0 fully saturated rings. The third-order valence-corrected chi connectivity index (χ3v) is 6.58. The molecule has 0 bridgehead atoms. The predicted molar refractivity (Wildman–Crippen MR) is 133 cm³/mol. The van der Waals surface area contributed by atoms with Gasteiger partial charge in [0.25, 0.3) is 0 Å². The number of carboxylic acids is 1. The molecule has 12 heteroatoms. The van der Waals surface area contributed by atoms with E-state index < -0.39 is 24.0 Å². The van der Waals surface area contributed by atoms with Crippen LogP contribution in [0.4, 0.5) is 4.39 Å². The molecule has 0 unspecified atom stereocenters. The average Bonchev–Trinajstić information content (AvgIpc) is 3.51. The molecule has 5 rings (SSSR count). The lowest BCUT2D eigenvalue weighted by atomic mass is 9.97. The first-order valence-corrected chi connectivity index (χ1v) is 11.9. The Morgan fingerprint density at radius 3 is 2.84 bits per heavy atom. The lowest BCUT2D eigenvalue weighted by molar-refractivity contribution is -0.135. The number of fused-ring (bicyclic) bond motifs is 3. The van der Waals surface area contributed by atoms with Crippen LogP contribution in [0.3, 0.4) is 0 Å². The number of hydrogen-bond acceptors (Lipinski definition) is 8. The summed E-state index contributed by atoms with van der Waals surface area (Å²) >= 11 is 6.40. The number of benzene rings is 2. The minimum Gasteiger partial charge on any atom is -0.493 e. The molecule has 37 heavy (non-hydrogen) atoms. The molecule has 0 saturated heterocycles. The molecule has 3 N–H and O–H groups in total. The highest BCUT2D eigenvalue weighted by Gasteiger charge is 2.35. The molecular weight excluding hydrogens is 505 g/mol. The van der Waals surface area contributed by atoms with E-state index in [-0.39, 0.29) is 17.7 Å². The summed E-state index contributed by atoms with van der Waals surface area (Å²) in [5.74, 6) is -0.580. The van der Waals surface area contributed by atoms with Gasteiger partial charge in [0.2, 0.25) is 0 Å². The molecule has 2 aliphatic rings. The summed E-state index contributed by atoms with van der Waals surface area (Å²) in [6.45, 7) is 0.358. The number of methoxy groups -OCH3 is 2. The predicted octanol–water partition coefficient (Wildman–Crippen LogP) is 3.95. The van der Waals surface area contributed by atoms with Crippen molar-refractivity contribution >= 4 is 23.4 Å².